The third-order valence-corrected chi connectivity index (χ3v) is 3.35. The quantitative estimate of drug-likeness (QED) is 0.715. The van der Waals surface area contributed by atoms with E-state index >= 15 is 0 Å². The fourth-order valence-corrected chi connectivity index (χ4v) is 2.06. The van der Waals surface area contributed by atoms with Crippen molar-refractivity contribution in [1.29, 1.82) is 0 Å². The Morgan fingerprint density at radius 2 is 1.91 bits per heavy atom. The molecule has 2 aromatic rings. The van der Waals surface area contributed by atoms with Crippen LogP contribution < -0.4 is 5.32 Å². The van der Waals surface area contributed by atoms with E-state index in [1.807, 2.05) is 36.4 Å². The molecule has 0 aliphatic heterocycles. The molecular weight excluding hydrogens is 278 g/mol. The van der Waals surface area contributed by atoms with E-state index in [1.54, 1.807) is 6.26 Å². The number of hydrogen-bond donors (Lipinski definition) is 1. The van der Waals surface area contributed by atoms with Gasteiger partial charge < -0.3 is 14.5 Å². The summed E-state index contributed by atoms with van der Waals surface area (Å²) >= 11 is 0. The Bertz CT molecular complexity index is 546. The minimum atomic E-state index is -0.0560. The first-order valence-corrected chi connectivity index (χ1v) is 7.81. The van der Waals surface area contributed by atoms with Crippen LogP contribution in [0.25, 0.3) is 11.3 Å². The Labute approximate surface area is 131 Å². The number of hydrogen-bond acceptors (Lipinski definition) is 3. The van der Waals surface area contributed by atoms with E-state index in [9.17, 15) is 4.79 Å². The van der Waals surface area contributed by atoms with Crippen LogP contribution in [0.1, 0.15) is 36.5 Å². The third-order valence-electron chi connectivity index (χ3n) is 3.35. The first kappa shape index (κ1) is 16.3. The van der Waals surface area contributed by atoms with Crippen LogP contribution in [0.2, 0.25) is 0 Å². The van der Waals surface area contributed by atoms with Gasteiger partial charge in [0.15, 0.2) is 0 Å². The molecule has 22 heavy (non-hydrogen) atoms. The van der Waals surface area contributed by atoms with Crippen molar-refractivity contribution in [1.82, 2.24) is 5.32 Å². The molecule has 1 N–H and O–H groups in total. The number of rotatable bonds is 9. The second-order valence-electron chi connectivity index (χ2n) is 5.13. The molecule has 2 rings (SSSR count). The van der Waals surface area contributed by atoms with Gasteiger partial charge in [-0.15, -0.1) is 0 Å². The molecule has 1 aromatic carbocycles. The number of amides is 1. The summed E-state index contributed by atoms with van der Waals surface area (Å²) in [5.41, 5.74) is 1.62. The molecule has 0 unspecified atom stereocenters. The highest BCUT2D eigenvalue weighted by Gasteiger charge is 2.06. The van der Waals surface area contributed by atoms with Gasteiger partial charge in [0.25, 0.3) is 5.91 Å². The van der Waals surface area contributed by atoms with E-state index in [4.69, 9.17) is 9.15 Å². The maximum Gasteiger partial charge on any atom is 0.251 e. The Kier molecular flexibility index (Phi) is 6.71. The molecular formula is C18H23NO3. The predicted molar refractivity (Wildman–Crippen MR) is 86.8 cm³/mol. The number of carbonyl (C=O) groups excluding carboxylic acids is 1. The van der Waals surface area contributed by atoms with Crippen molar-refractivity contribution in [2.75, 3.05) is 19.8 Å². The van der Waals surface area contributed by atoms with Crippen LogP contribution in [0.15, 0.2) is 47.1 Å². The number of unbranched alkanes of at least 4 members (excludes halogenated alkanes) is 1. The molecule has 1 aromatic heterocycles. The van der Waals surface area contributed by atoms with Crippen molar-refractivity contribution >= 4 is 5.91 Å². The number of benzene rings is 1. The van der Waals surface area contributed by atoms with Crippen molar-refractivity contribution in [3.05, 3.63) is 48.2 Å². The highest BCUT2D eigenvalue weighted by atomic mass is 16.5. The Hall–Kier alpha value is -2.07. The lowest BCUT2D eigenvalue weighted by atomic mass is 10.1. The van der Waals surface area contributed by atoms with E-state index in [1.165, 1.54) is 0 Å². The Morgan fingerprint density at radius 1 is 1.14 bits per heavy atom. The van der Waals surface area contributed by atoms with Crippen LogP contribution >= 0.6 is 0 Å². The molecule has 4 heteroatoms. The van der Waals surface area contributed by atoms with Crippen LogP contribution in [0.3, 0.4) is 0 Å². The van der Waals surface area contributed by atoms with Gasteiger partial charge in [-0.25, -0.2) is 0 Å². The van der Waals surface area contributed by atoms with Crippen molar-refractivity contribution in [2.24, 2.45) is 0 Å². The van der Waals surface area contributed by atoms with Crippen molar-refractivity contribution < 1.29 is 13.9 Å². The highest BCUT2D eigenvalue weighted by Crippen LogP contribution is 2.19. The summed E-state index contributed by atoms with van der Waals surface area (Å²) in [7, 11) is 0. The van der Waals surface area contributed by atoms with E-state index in [0.29, 0.717) is 18.7 Å². The molecule has 4 nitrogen and oxygen atoms in total. The zero-order valence-electron chi connectivity index (χ0n) is 13.0. The van der Waals surface area contributed by atoms with Gasteiger partial charge >= 0.3 is 0 Å². The molecule has 0 saturated carbocycles. The topological polar surface area (TPSA) is 51.5 Å². The number of furan rings is 1. The first-order valence-electron chi connectivity index (χ1n) is 7.81. The van der Waals surface area contributed by atoms with Gasteiger partial charge in [-0.3, -0.25) is 4.79 Å². The molecule has 0 bridgehead atoms. The summed E-state index contributed by atoms with van der Waals surface area (Å²) < 4.78 is 10.8. The van der Waals surface area contributed by atoms with Crippen molar-refractivity contribution in [2.45, 2.75) is 26.2 Å². The lowest BCUT2D eigenvalue weighted by Crippen LogP contribution is -2.25. The van der Waals surface area contributed by atoms with Crippen molar-refractivity contribution in [3.63, 3.8) is 0 Å². The normalized spacial score (nSPS) is 10.6. The minimum absolute atomic E-state index is 0.0560. The highest BCUT2D eigenvalue weighted by molar-refractivity contribution is 5.94. The van der Waals surface area contributed by atoms with Crippen LogP contribution in [0.5, 0.6) is 0 Å². The summed E-state index contributed by atoms with van der Waals surface area (Å²) in [6.07, 6.45) is 4.71. The van der Waals surface area contributed by atoms with Crippen LogP contribution in [-0.4, -0.2) is 25.7 Å². The van der Waals surface area contributed by atoms with Crippen molar-refractivity contribution in [3.8, 4) is 11.3 Å². The first-order chi connectivity index (χ1) is 10.8. The number of nitrogens with one attached hydrogen (secondary N) is 1. The van der Waals surface area contributed by atoms with Crippen LogP contribution in [-0.2, 0) is 4.74 Å². The average molecular weight is 301 g/mol. The molecule has 0 saturated heterocycles. The summed E-state index contributed by atoms with van der Waals surface area (Å²) in [5.74, 6) is 0.746. The maximum absolute atomic E-state index is 12.0. The lowest BCUT2D eigenvalue weighted by molar-refractivity contribution is 0.0940. The molecule has 0 fully saturated rings. The molecule has 0 atom stereocenters. The predicted octanol–water partition coefficient (Wildman–Crippen LogP) is 3.88. The van der Waals surface area contributed by atoms with Crippen LogP contribution in [0.4, 0.5) is 0 Å². The second-order valence-corrected chi connectivity index (χ2v) is 5.13. The molecule has 0 spiro atoms. The molecule has 0 aliphatic rings. The summed E-state index contributed by atoms with van der Waals surface area (Å²) in [4.78, 5) is 12.0. The minimum Gasteiger partial charge on any atom is -0.464 e. The summed E-state index contributed by atoms with van der Waals surface area (Å²) in [5, 5.41) is 2.90. The smallest absolute Gasteiger partial charge is 0.251 e. The summed E-state index contributed by atoms with van der Waals surface area (Å²) in [6, 6.07) is 11.1. The molecule has 1 amide bonds. The second kappa shape index (κ2) is 9.05. The van der Waals surface area contributed by atoms with Gasteiger partial charge in [0, 0.05) is 30.9 Å². The molecule has 0 aliphatic carbocycles. The number of ether oxygens (including phenoxy) is 1. The van der Waals surface area contributed by atoms with Gasteiger partial charge in [0.05, 0.1) is 6.26 Å². The van der Waals surface area contributed by atoms with E-state index in [2.05, 4.69) is 12.2 Å². The van der Waals surface area contributed by atoms with Gasteiger partial charge in [-0.1, -0.05) is 25.5 Å². The monoisotopic (exact) mass is 301 g/mol. The molecule has 118 valence electrons. The Balaban J connectivity index is 1.71. The zero-order valence-corrected chi connectivity index (χ0v) is 13.0. The standard InChI is InChI=1S/C18H23NO3/c1-2-3-12-21-13-5-11-19-18(20)16-9-7-15(8-10-16)17-6-4-14-22-17/h4,6-10,14H,2-3,5,11-13H2,1H3,(H,19,20). The SMILES string of the molecule is CCCCOCCCNC(=O)c1ccc(-c2ccco2)cc1. The Morgan fingerprint density at radius 3 is 2.59 bits per heavy atom. The lowest BCUT2D eigenvalue weighted by Gasteiger charge is -2.06. The van der Waals surface area contributed by atoms with Gasteiger partial charge in [0.2, 0.25) is 0 Å². The largest absolute Gasteiger partial charge is 0.464 e. The van der Waals surface area contributed by atoms with Gasteiger partial charge in [-0.05, 0) is 37.1 Å². The van der Waals surface area contributed by atoms with E-state index in [0.717, 1.165) is 37.2 Å². The fraction of sp³-hybridized carbons (Fsp3) is 0.389. The van der Waals surface area contributed by atoms with Gasteiger partial charge in [0.1, 0.15) is 5.76 Å². The maximum atomic E-state index is 12.0. The zero-order chi connectivity index (χ0) is 15.6. The fourth-order valence-electron chi connectivity index (χ4n) is 2.06. The number of carbonyl (C=O) groups is 1. The third kappa shape index (κ3) is 5.04. The summed E-state index contributed by atoms with van der Waals surface area (Å²) in [6.45, 7) is 4.27. The van der Waals surface area contributed by atoms with Gasteiger partial charge in [-0.2, -0.15) is 0 Å². The molecule has 0 radical (unpaired) electrons. The van der Waals surface area contributed by atoms with Crippen LogP contribution in [0, 0.1) is 0 Å². The van der Waals surface area contributed by atoms with E-state index < -0.39 is 0 Å². The van der Waals surface area contributed by atoms with E-state index in [-0.39, 0.29) is 5.91 Å². The molecule has 1 heterocycles. The average Bonchev–Trinajstić information content (AvgIpc) is 3.08.